The summed E-state index contributed by atoms with van der Waals surface area (Å²) < 4.78 is 0. The fourth-order valence-electron chi connectivity index (χ4n) is 4.14. The number of nitrogens with two attached hydrogens (primary N) is 2. The standard InChI is InChI=1S/C26H36N4O/c1-4-5-8-21(20(15-27)17-30-14-13-25(29)31)22-9-6-7-10-23(22)26-19(3)12-11-18(2)24(26)16-28/h8,11-12,15-17,28H,4-7,9-10,13-14,27H2,1-3H3,(H2,29,31)/b20-15+,21-8+,28-16?,30-17?. The molecule has 0 bridgehead atoms. The zero-order valence-corrected chi connectivity index (χ0v) is 19.1. The fraction of sp³-hybridized carbons (Fsp3) is 0.423. The third kappa shape index (κ3) is 6.27. The molecule has 166 valence electrons. The summed E-state index contributed by atoms with van der Waals surface area (Å²) in [5.41, 5.74) is 20.4. The van der Waals surface area contributed by atoms with Crippen molar-refractivity contribution in [2.24, 2.45) is 16.5 Å². The molecule has 0 aliphatic heterocycles. The number of aliphatic imine (C=N–C) groups is 1. The summed E-state index contributed by atoms with van der Waals surface area (Å²) in [6.45, 7) is 6.71. The van der Waals surface area contributed by atoms with Crippen molar-refractivity contribution in [3.05, 3.63) is 63.4 Å². The minimum Gasteiger partial charge on any atom is -0.404 e. The Balaban J connectivity index is 2.63. The molecule has 2 rings (SSSR count). The summed E-state index contributed by atoms with van der Waals surface area (Å²) in [7, 11) is 0. The smallest absolute Gasteiger partial charge is 0.219 e. The number of unbranched alkanes of at least 4 members (excludes halogenated alkanes) is 1. The second-order valence-corrected chi connectivity index (χ2v) is 8.08. The number of benzene rings is 1. The molecule has 0 atom stereocenters. The van der Waals surface area contributed by atoms with Crippen LogP contribution in [0.25, 0.3) is 5.57 Å². The summed E-state index contributed by atoms with van der Waals surface area (Å²) in [6.07, 6.45) is 13.6. The molecule has 31 heavy (non-hydrogen) atoms. The van der Waals surface area contributed by atoms with Gasteiger partial charge in [-0.2, -0.15) is 0 Å². The molecule has 5 nitrogen and oxygen atoms in total. The number of aryl methyl sites for hydroxylation is 2. The van der Waals surface area contributed by atoms with E-state index < -0.39 is 0 Å². The second-order valence-electron chi connectivity index (χ2n) is 8.08. The highest BCUT2D eigenvalue weighted by Crippen LogP contribution is 2.40. The molecule has 0 unspecified atom stereocenters. The van der Waals surface area contributed by atoms with Gasteiger partial charge in [-0.05, 0) is 79.4 Å². The number of nitrogens with one attached hydrogen (secondary N) is 1. The summed E-state index contributed by atoms with van der Waals surface area (Å²) in [5.74, 6) is -0.358. The van der Waals surface area contributed by atoms with E-state index in [0.717, 1.165) is 60.8 Å². The molecule has 1 aromatic carbocycles. The van der Waals surface area contributed by atoms with E-state index in [1.807, 2.05) is 0 Å². The predicted molar refractivity (Wildman–Crippen MR) is 132 cm³/mol. The second kappa shape index (κ2) is 12.0. The van der Waals surface area contributed by atoms with E-state index in [0.29, 0.717) is 6.54 Å². The van der Waals surface area contributed by atoms with Gasteiger partial charge < -0.3 is 16.9 Å². The van der Waals surface area contributed by atoms with Crippen molar-refractivity contribution in [1.82, 2.24) is 0 Å². The monoisotopic (exact) mass is 420 g/mol. The molecular weight excluding hydrogens is 384 g/mol. The molecule has 0 saturated carbocycles. The van der Waals surface area contributed by atoms with Gasteiger partial charge in [0, 0.05) is 42.7 Å². The van der Waals surface area contributed by atoms with Gasteiger partial charge in [-0.15, -0.1) is 0 Å². The third-order valence-corrected chi connectivity index (χ3v) is 5.76. The van der Waals surface area contributed by atoms with E-state index in [1.54, 1.807) is 12.4 Å². The Hall–Kier alpha value is -2.95. The largest absolute Gasteiger partial charge is 0.404 e. The first-order chi connectivity index (χ1) is 14.9. The van der Waals surface area contributed by atoms with Crippen LogP contribution in [-0.2, 0) is 4.79 Å². The van der Waals surface area contributed by atoms with Gasteiger partial charge in [0.1, 0.15) is 0 Å². The maximum absolute atomic E-state index is 11.0. The first-order valence-electron chi connectivity index (χ1n) is 11.2. The summed E-state index contributed by atoms with van der Waals surface area (Å²) in [4.78, 5) is 15.4. The minimum atomic E-state index is -0.358. The van der Waals surface area contributed by atoms with Crippen molar-refractivity contribution < 1.29 is 4.79 Å². The van der Waals surface area contributed by atoms with Crippen LogP contribution in [0.1, 0.15) is 74.1 Å². The summed E-state index contributed by atoms with van der Waals surface area (Å²) >= 11 is 0. The molecule has 0 heterocycles. The molecule has 5 N–H and O–H groups in total. The van der Waals surface area contributed by atoms with E-state index in [1.165, 1.54) is 28.5 Å². The number of amides is 1. The highest BCUT2D eigenvalue weighted by Gasteiger charge is 2.22. The van der Waals surface area contributed by atoms with Gasteiger partial charge in [-0.3, -0.25) is 9.79 Å². The lowest BCUT2D eigenvalue weighted by Gasteiger charge is -2.26. The van der Waals surface area contributed by atoms with Gasteiger partial charge in [-0.1, -0.05) is 31.6 Å². The number of carbonyl (C=O) groups is 1. The van der Waals surface area contributed by atoms with Crippen LogP contribution in [0.2, 0.25) is 0 Å². The number of hydrogen-bond acceptors (Lipinski definition) is 4. The normalized spacial score (nSPS) is 15.6. The molecule has 1 aliphatic carbocycles. The number of rotatable bonds is 10. The molecule has 0 saturated heterocycles. The number of primary amides is 1. The number of carbonyl (C=O) groups excluding carboxylic acids is 1. The summed E-state index contributed by atoms with van der Waals surface area (Å²) in [5, 5.41) is 8.04. The molecule has 0 spiro atoms. The van der Waals surface area contributed by atoms with Crippen molar-refractivity contribution in [2.45, 2.75) is 65.7 Å². The molecule has 1 amide bonds. The lowest BCUT2D eigenvalue weighted by Crippen LogP contribution is -2.12. The average molecular weight is 421 g/mol. The Kier molecular flexibility index (Phi) is 9.44. The van der Waals surface area contributed by atoms with Crippen LogP contribution in [0.3, 0.4) is 0 Å². The van der Waals surface area contributed by atoms with Gasteiger partial charge in [0.15, 0.2) is 0 Å². The van der Waals surface area contributed by atoms with Gasteiger partial charge in [-0.25, -0.2) is 0 Å². The first-order valence-corrected chi connectivity index (χ1v) is 11.2. The van der Waals surface area contributed by atoms with Crippen molar-refractivity contribution in [3.63, 3.8) is 0 Å². The SMILES string of the molecule is CCC/C=C(C1=C(c2c(C)ccc(C)c2C=N)CCCC1)\C(C=NCCC(N)=O)=C\N. The molecule has 0 fully saturated rings. The third-order valence-electron chi connectivity index (χ3n) is 5.76. The Morgan fingerprint density at radius 3 is 2.55 bits per heavy atom. The van der Waals surface area contributed by atoms with E-state index >= 15 is 0 Å². The van der Waals surface area contributed by atoms with Crippen LogP contribution in [-0.4, -0.2) is 24.9 Å². The topological polar surface area (TPSA) is 105 Å². The Bertz CT molecular complexity index is 935. The van der Waals surface area contributed by atoms with E-state index in [-0.39, 0.29) is 12.3 Å². The average Bonchev–Trinajstić information content (AvgIpc) is 2.76. The molecule has 0 aromatic heterocycles. The van der Waals surface area contributed by atoms with Crippen LogP contribution < -0.4 is 11.5 Å². The van der Waals surface area contributed by atoms with Crippen molar-refractivity contribution in [2.75, 3.05) is 6.54 Å². The van der Waals surface area contributed by atoms with Crippen molar-refractivity contribution in [1.29, 1.82) is 5.41 Å². The maximum atomic E-state index is 11.0. The van der Waals surface area contributed by atoms with Gasteiger partial charge in [0.25, 0.3) is 0 Å². The predicted octanol–water partition coefficient (Wildman–Crippen LogP) is 5.14. The van der Waals surface area contributed by atoms with Crippen molar-refractivity contribution in [3.8, 4) is 0 Å². The molecule has 5 heteroatoms. The van der Waals surface area contributed by atoms with Gasteiger partial charge >= 0.3 is 0 Å². The lowest BCUT2D eigenvalue weighted by molar-refractivity contribution is -0.117. The summed E-state index contributed by atoms with van der Waals surface area (Å²) in [6, 6.07) is 4.24. The quantitative estimate of drug-likeness (QED) is 0.360. The minimum absolute atomic E-state index is 0.224. The van der Waals surface area contributed by atoms with Crippen LogP contribution >= 0.6 is 0 Å². The number of nitrogens with zero attached hydrogens (tertiary/aromatic N) is 1. The van der Waals surface area contributed by atoms with Crippen LogP contribution in [0.15, 0.2) is 46.1 Å². The van der Waals surface area contributed by atoms with Gasteiger partial charge in [0.2, 0.25) is 5.91 Å². The van der Waals surface area contributed by atoms with Crippen molar-refractivity contribution >= 4 is 23.9 Å². The maximum Gasteiger partial charge on any atom is 0.219 e. The van der Waals surface area contributed by atoms with E-state index in [4.69, 9.17) is 16.9 Å². The fourth-order valence-corrected chi connectivity index (χ4v) is 4.14. The van der Waals surface area contributed by atoms with E-state index in [9.17, 15) is 4.79 Å². The van der Waals surface area contributed by atoms with Crippen LogP contribution in [0.4, 0.5) is 0 Å². The highest BCUT2D eigenvalue weighted by atomic mass is 16.1. The Morgan fingerprint density at radius 2 is 1.90 bits per heavy atom. The molecule has 0 radical (unpaired) electrons. The molecule has 1 aliphatic rings. The van der Waals surface area contributed by atoms with Gasteiger partial charge in [0.05, 0.1) is 0 Å². The Labute approximate surface area is 186 Å². The zero-order chi connectivity index (χ0) is 22.8. The highest BCUT2D eigenvalue weighted by molar-refractivity contribution is 5.94. The molecule has 1 aromatic rings. The van der Waals surface area contributed by atoms with Crippen LogP contribution in [0, 0.1) is 19.3 Å². The zero-order valence-electron chi connectivity index (χ0n) is 19.1. The first kappa shape index (κ1) is 24.3. The Morgan fingerprint density at radius 1 is 1.19 bits per heavy atom. The van der Waals surface area contributed by atoms with E-state index in [2.05, 4.69) is 44.0 Å². The van der Waals surface area contributed by atoms with Crippen LogP contribution in [0.5, 0.6) is 0 Å². The number of allylic oxidation sites excluding steroid dienone is 5. The number of hydrogen-bond donors (Lipinski definition) is 3. The molecular formula is C26H36N4O. The lowest BCUT2D eigenvalue weighted by atomic mass is 9.78.